The Morgan fingerprint density at radius 2 is 2.11 bits per heavy atom. The molecule has 0 radical (unpaired) electrons. The van der Waals surface area contributed by atoms with Crippen LogP contribution in [0.4, 0.5) is 5.69 Å². The van der Waals surface area contributed by atoms with Crippen LogP contribution < -0.4 is 5.32 Å². The molecule has 1 fully saturated rings. The normalized spacial score (nSPS) is 14.5. The van der Waals surface area contributed by atoms with Crippen molar-refractivity contribution in [2.24, 2.45) is 0 Å². The molecule has 1 aliphatic carbocycles. The smallest absolute Gasteiger partial charge is 0.269 e. The van der Waals surface area contributed by atoms with E-state index >= 15 is 0 Å². The zero-order valence-corrected chi connectivity index (χ0v) is 10.1. The molecule has 7 heteroatoms. The predicted octanol–water partition coefficient (Wildman–Crippen LogP) is 1.90. The SMILES string of the molecule is O=[N+]([O-])c1ccc(-c2noc(CNC3CC3)n2)cc1. The Balaban J connectivity index is 1.71. The molecule has 0 spiro atoms. The molecule has 1 aromatic heterocycles. The number of benzene rings is 1. The van der Waals surface area contributed by atoms with Gasteiger partial charge in [0.2, 0.25) is 11.7 Å². The average Bonchev–Trinajstić information content (AvgIpc) is 3.13. The van der Waals surface area contributed by atoms with Crippen LogP contribution in [-0.4, -0.2) is 21.1 Å². The Morgan fingerprint density at radius 1 is 1.37 bits per heavy atom. The molecule has 0 bridgehead atoms. The third-order valence-electron chi connectivity index (χ3n) is 2.92. The van der Waals surface area contributed by atoms with E-state index in [1.165, 1.54) is 25.0 Å². The summed E-state index contributed by atoms with van der Waals surface area (Å²) in [5, 5.41) is 17.7. The number of rotatable bonds is 5. The maximum absolute atomic E-state index is 10.6. The number of hydrogen-bond acceptors (Lipinski definition) is 6. The van der Waals surface area contributed by atoms with Crippen LogP contribution in [0.5, 0.6) is 0 Å². The van der Waals surface area contributed by atoms with Crippen LogP contribution in [0.2, 0.25) is 0 Å². The fourth-order valence-electron chi connectivity index (χ4n) is 1.70. The second-order valence-electron chi connectivity index (χ2n) is 4.47. The Hall–Kier alpha value is -2.28. The molecular formula is C12H12N4O3. The number of nitrogens with zero attached hydrogens (tertiary/aromatic N) is 3. The third kappa shape index (κ3) is 2.76. The van der Waals surface area contributed by atoms with E-state index in [9.17, 15) is 10.1 Å². The van der Waals surface area contributed by atoms with Crippen molar-refractivity contribution in [3.05, 3.63) is 40.3 Å². The lowest BCUT2D eigenvalue weighted by Crippen LogP contribution is -2.15. The minimum atomic E-state index is -0.439. The lowest BCUT2D eigenvalue weighted by Gasteiger charge is -1.95. The van der Waals surface area contributed by atoms with Crippen molar-refractivity contribution in [1.29, 1.82) is 0 Å². The highest BCUT2D eigenvalue weighted by Crippen LogP contribution is 2.21. The summed E-state index contributed by atoms with van der Waals surface area (Å²) in [5.41, 5.74) is 0.745. The highest BCUT2D eigenvalue weighted by molar-refractivity contribution is 5.56. The monoisotopic (exact) mass is 260 g/mol. The first kappa shape index (κ1) is 11.8. The van der Waals surface area contributed by atoms with Gasteiger partial charge in [-0.2, -0.15) is 4.98 Å². The molecule has 7 nitrogen and oxygen atoms in total. The molecule has 2 aromatic rings. The average molecular weight is 260 g/mol. The first-order valence-corrected chi connectivity index (χ1v) is 6.03. The topological polar surface area (TPSA) is 94.1 Å². The summed E-state index contributed by atoms with van der Waals surface area (Å²) in [4.78, 5) is 14.4. The van der Waals surface area contributed by atoms with Gasteiger partial charge in [0.1, 0.15) is 0 Å². The molecule has 19 heavy (non-hydrogen) atoms. The van der Waals surface area contributed by atoms with Crippen molar-refractivity contribution in [3.63, 3.8) is 0 Å². The highest BCUT2D eigenvalue weighted by atomic mass is 16.6. The Labute approximate surface area is 108 Å². The van der Waals surface area contributed by atoms with Gasteiger partial charge in [-0.15, -0.1) is 0 Å². The Kier molecular flexibility index (Phi) is 2.96. The minimum absolute atomic E-state index is 0.0443. The number of hydrogen-bond donors (Lipinski definition) is 1. The summed E-state index contributed by atoms with van der Waals surface area (Å²) < 4.78 is 5.12. The van der Waals surface area contributed by atoms with Crippen molar-refractivity contribution in [1.82, 2.24) is 15.5 Å². The van der Waals surface area contributed by atoms with Gasteiger partial charge in [0.15, 0.2) is 0 Å². The molecule has 0 unspecified atom stereocenters. The third-order valence-corrected chi connectivity index (χ3v) is 2.92. The molecule has 1 saturated carbocycles. The molecule has 0 aliphatic heterocycles. The largest absolute Gasteiger partial charge is 0.338 e. The number of nitro groups is 1. The van der Waals surface area contributed by atoms with Crippen molar-refractivity contribution in [3.8, 4) is 11.4 Å². The van der Waals surface area contributed by atoms with Crippen molar-refractivity contribution in [2.75, 3.05) is 0 Å². The summed E-state index contributed by atoms with van der Waals surface area (Å²) in [7, 11) is 0. The quantitative estimate of drug-likeness (QED) is 0.651. The molecule has 98 valence electrons. The predicted molar refractivity (Wildman–Crippen MR) is 66.3 cm³/mol. The molecule has 1 aromatic carbocycles. The maximum atomic E-state index is 10.6. The zero-order valence-electron chi connectivity index (χ0n) is 10.1. The van der Waals surface area contributed by atoms with E-state index in [0.29, 0.717) is 29.9 Å². The second-order valence-corrected chi connectivity index (χ2v) is 4.47. The van der Waals surface area contributed by atoms with E-state index in [1.54, 1.807) is 12.1 Å². The minimum Gasteiger partial charge on any atom is -0.338 e. The van der Waals surface area contributed by atoms with Crippen LogP contribution in [-0.2, 0) is 6.54 Å². The number of non-ortho nitro benzene ring substituents is 1. The lowest BCUT2D eigenvalue weighted by molar-refractivity contribution is -0.384. The molecular weight excluding hydrogens is 248 g/mol. The van der Waals surface area contributed by atoms with Gasteiger partial charge in [-0.25, -0.2) is 0 Å². The van der Waals surface area contributed by atoms with E-state index < -0.39 is 4.92 Å². The fourth-order valence-corrected chi connectivity index (χ4v) is 1.70. The number of nitro benzene ring substituents is 1. The summed E-state index contributed by atoms with van der Waals surface area (Å²) in [6.45, 7) is 0.560. The van der Waals surface area contributed by atoms with Gasteiger partial charge in [0.25, 0.3) is 5.69 Å². The van der Waals surface area contributed by atoms with Gasteiger partial charge in [0.05, 0.1) is 11.5 Å². The van der Waals surface area contributed by atoms with Gasteiger partial charge in [-0.05, 0) is 25.0 Å². The van der Waals surface area contributed by atoms with Gasteiger partial charge in [-0.1, -0.05) is 5.16 Å². The molecule has 0 saturated heterocycles. The van der Waals surface area contributed by atoms with E-state index in [2.05, 4.69) is 15.5 Å². The van der Waals surface area contributed by atoms with Crippen molar-refractivity contribution in [2.45, 2.75) is 25.4 Å². The highest BCUT2D eigenvalue weighted by Gasteiger charge is 2.21. The molecule has 0 atom stereocenters. The van der Waals surface area contributed by atoms with Crippen LogP contribution >= 0.6 is 0 Å². The number of aromatic nitrogens is 2. The van der Waals surface area contributed by atoms with Crippen molar-refractivity contribution >= 4 is 5.69 Å². The van der Waals surface area contributed by atoms with E-state index in [0.717, 1.165) is 0 Å². The molecule has 1 N–H and O–H groups in total. The molecule has 1 heterocycles. The first-order chi connectivity index (χ1) is 9.22. The fraction of sp³-hybridized carbons (Fsp3) is 0.333. The van der Waals surface area contributed by atoms with E-state index in [4.69, 9.17) is 4.52 Å². The van der Waals surface area contributed by atoms with Crippen LogP contribution in [0.1, 0.15) is 18.7 Å². The van der Waals surface area contributed by atoms with E-state index in [1.807, 2.05) is 0 Å². The summed E-state index contributed by atoms with van der Waals surface area (Å²) in [6.07, 6.45) is 2.40. The lowest BCUT2D eigenvalue weighted by atomic mass is 10.2. The zero-order chi connectivity index (χ0) is 13.2. The van der Waals surface area contributed by atoms with Gasteiger partial charge in [0, 0.05) is 23.7 Å². The summed E-state index contributed by atoms with van der Waals surface area (Å²) in [6, 6.07) is 6.65. The molecule has 1 aliphatic rings. The molecule has 0 amide bonds. The standard InChI is InChI=1S/C12H12N4O3/c17-16(18)10-5-1-8(2-6-10)12-14-11(19-15-12)7-13-9-3-4-9/h1-2,5-6,9,13H,3-4,7H2. The molecule has 3 rings (SSSR count). The van der Waals surface area contributed by atoms with Crippen LogP contribution in [0.15, 0.2) is 28.8 Å². The van der Waals surface area contributed by atoms with E-state index in [-0.39, 0.29) is 5.69 Å². The summed E-state index contributed by atoms with van der Waals surface area (Å²) >= 11 is 0. The summed E-state index contributed by atoms with van der Waals surface area (Å²) in [5.74, 6) is 0.975. The maximum Gasteiger partial charge on any atom is 0.269 e. The number of nitrogens with one attached hydrogen (secondary N) is 1. The van der Waals surface area contributed by atoms with Gasteiger partial charge >= 0.3 is 0 Å². The Bertz CT molecular complexity index is 589. The van der Waals surface area contributed by atoms with Crippen LogP contribution in [0.3, 0.4) is 0 Å². The van der Waals surface area contributed by atoms with Crippen LogP contribution in [0.25, 0.3) is 11.4 Å². The van der Waals surface area contributed by atoms with Crippen LogP contribution in [0, 0.1) is 10.1 Å². The van der Waals surface area contributed by atoms with Gasteiger partial charge in [-0.3, -0.25) is 10.1 Å². The first-order valence-electron chi connectivity index (χ1n) is 6.03. The Morgan fingerprint density at radius 3 is 2.74 bits per heavy atom. The van der Waals surface area contributed by atoms with Gasteiger partial charge < -0.3 is 9.84 Å². The van der Waals surface area contributed by atoms with Crippen molar-refractivity contribution < 1.29 is 9.45 Å². The second kappa shape index (κ2) is 4.77.